The molecule has 4 N–H and O–H groups in total. The highest BCUT2D eigenvalue weighted by atomic mass is 35.5. The number of alkyl carbamates (subject to hydrolysis) is 1. The van der Waals surface area contributed by atoms with Crippen molar-refractivity contribution in [3.05, 3.63) is 70.6 Å². The number of aromatic amines is 1. The molecular formula is C28H32ClN5O6. The first-order chi connectivity index (χ1) is 19.0. The number of hydrogen-bond donors (Lipinski definition) is 4. The molecule has 1 aromatic heterocycles. The molecule has 11 nitrogen and oxygen atoms in total. The van der Waals surface area contributed by atoms with Gasteiger partial charge in [-0.3, -0.25) is 10.1 Å². The normalized spacial score (nSPS) is 14.3. The molecule has 1 atom stereocenters. The highest BCUT2D eigenvalue weighted by molar-refractivity contribution is 6.31. The molecule has 0 spiro atoms. The molecule has 0 aliphatic carbocycles. The lowest BCUT2D eigenvalue weighted by atomic mass is 10.0. The van der Waals surface area contributed by atoms with E-state index in [9.17, 15) is 14.4 Å². The quantitative estimate of drug-likeness (QED) is 0.309. The fourth-order valence-corrected chi connectivity index (χ4v) is 4.51. The molecule has 40 heavy (non-hydrogen) atoms. The van der Waals surface area contributed by atoms with Crippen LogP contribution in [-0.2, 0) is 15.9 Å². The number of aromatic nitrogens is 2. The van der Waals surface area contributed by atoms with E-state index in [4.69, 9.17) is 26.2 Å². The van der Waals surface area contributed by atoms with Gasteiger partial charge in [-0.25, -0.2) is 14.6 Å². The number of imidazole rings is 1. The Balaban J connectivity index is 1.59. The summed E-state index contributed by atoms with van der Waals surface area (Å²) in [6.45, 7) is 7.35. The van der Waals surface area contributed by atoms with Gasteiger partial charge in [-0.2, -0.15) is 0 Å². The molecule has 0 bridgehead atoms. The lowest BCUT2D eigenvalue weighted by Crippen LogP contribution is -2.40. The number of anilines is 1. The number of morpholine rings is 1. The summed E-state index contributed by atoms with van der Waals surface area (Å²) in [5, 5.41) is 14.4. The van der Waals surface area contributed by atoms with Gasteiger partial charge in [-0.05, 0) is 50.6 Å². The van der Waals surface area contributed by atoms with Crippen molar-refractivity contribution in [3.63, 3.8) is 0 Å². The van der Waals surface area contributed by atoms with Gasteiger partial charge in [0.25, 0.3) is 5.91 Å². The standard InChI is InChI=1S/C28H32ClN5O6/c1-28(2,3)40-27(38)31-21(18-5-4-6-19(15-18)25(35)34-11-13-39-14-12-34)16-22-32-23(24(29)33-22)17-7-9-20(10-8-17)30-26(36)37/h4-10,15,21,30H,11-14,16H2,1-3H3,(H,31,38)(H,32,33)(H,36,37). The second-order valence-corrected chi connectivity index (χ2v) is 10.7. The summed E-state index contributed by atoms with van der Waals surface area (Å²) in [4.78, 5) is 46.2. The second kappa shape index (κ2) is 12.4. The Bertz CT molecular complexity index is 1360. The first-order valence-electron chi connectivity index (χ1n) is 12.8. The van der Waals surface area contributed by atoms with E-state index in [1.807, 2.05) is 6.07 Å². The van der Waals surface area contributed by atoms with E-state index in [0.717, 1.165) is 0 Å². The third-order valence-electron chi connectivity index (χ3n) is 6.04. The molecule has 4 rings (SSSR count). The largest absolute Gasteiger partial charge is 0.465 e. The fourth-order valence-electron chi connectivity index (χ4n) is 4.25. The Morgan fingerprint density at radius 1 is 1.15 bits per heavy atom. The average Bonchev–Trinajstić information content (AvgIpc) is 3.27. The van der Waals surface area contributed by atoms with Gasteiger partial charge < -0.3 is 29.8 Å². The number of benzene rings is 2. The monoisotopic (exact) mass is 569 g/mol. The summed E-state index contributed by atoms with van der Waals surface area (Å²) in [5.74, 6) is 0.393. The SMILES string of the molecule is CC(C)(C)OC(=O)NC(Cc1nc(-c2ccc(NC(=O)O)cc2)c(Cl)[nH]1)c1cccc(C(=O)N2CCOCC2)c1. The molecule has 3 amide bonds. The molecule has 1 aliphatic rings. The van der Waals surface area contributed by atoms with Crippen LogP contribution < -0.4 is 10.6 Å². The van der Waals surface area contributed by atoms with Crippen LogP contribution >= 0.6 is 11.6 Å². The van der Waals surface area contributed by atoms with E-state index in [1.165, 1.54) is 0 Å². The van der Waals surface area contributed by atoms with E-state index in [-0.39, 0.29) is 12.3 Å². The smallest absolute Gasteiger partial charge is 0.409 e. The van der Waals surface area contributed by atoms with Gasteiger partial charge in [-0.1, -0.05) is 35.9 Å². The first-order valence-corrected chi connectivity index (χ1v) is 13.2. The minimum atomic E-state index is -1.16. The molecule has 2 heterocycles. The lowest BCUT2D eigenvalue weighted by molar-refractivity contribution is 0.0303. The van der Waals surface area contributed by atoms with Crippen LogP contribution in [0.5, 0.6) is 0 Å². The maximum absolute atomic E-state index is 13.1. The number of nitrogens with one attached hydrogen (secondary N) is 3. The molecule has 1 fully saturated rings. The van der Waals surface area contributed by atoms with Crippen LogP contribution in [0.1, 0.15) is 48.6 Å². The molecule has 2 aromatic carbocycles. The highest BCUT2D eigenvalue weighted by Gasteiger charge is 2.25. The molecule has 3 aromatic rings. The predicted octanol–water partition coefficient (Wildman–Crippen LogP) is 5.10. The van der Waals surface area contributed by atoms with E-state index in [2.05, 4.69) is 20.6 Å². The van der Waals surface area contributed by atoms with Crippen LogP contribution in [0.3, 0.4) is 0 Å². The maximum atomic E-state index is 13.1. The minimum absolute atomic E-state index is 0.106. The molecule has 1 aliphatic heterocycles. The number of rotatable bonds is 7. The summed E-state index contributed by atoms with van der Waals surface area (Å²) in [7, 11) is 0. The van der Waals surface area contributed by atoms with Crippen LogP contribution in [0.4, 0.5) is 15.3 Å². The minimum Gasteiger partial charge on any atom is -0.465 e. The zero-order valence-electron chi connectivity index (χ0n) is 22.5. The van der Waals surface area contributed by atoms with E-state index in [1.54, 1.807) is 68.1 Å². The summed E-state index contributed by atoms with van der Waals surface area (Å²) >= 11 is 6.48. The van der Waals surface area contributed by atoms with Crippen molar-refractivity contribution in [3.8, 4) is 11.3 Å². The predicted molar refractivity (Wildman–Crippen MR) is 150 cm³/mol. The van der Waals surface area contributed by atoms with E-state index < -0.39 is 23.8 Å². The molecular weight excluding hydrogens is 538 g/mol. The Morgan fingerprint density at radius 3 is 2.50 bits per heavy atom. The molecule has 12 heteroatoms. The van der Waals surface area contributed by atoms with Gasteiger partial charge in [0.1, 0.15) is 22.3 Å². The number of amides is 3. The zero-order chi connectivity index (χ0) is 28.9. The van der Waals surface area contributed by atoms with Gasteiger partial charge in [0.2, 0.25) is 0 Å². The Labute approximate surface area is 236 Å². The molecule has 0 radical (unpaired) electrons. The highest BCUT2D eigenvalue weighted by Crippen LogP contribution is 2.29. The number of carboxylic acid groups (broad SMARTS) is 1. The average molecular weight is 570 g/mol. The van der Waals surface area contributed by atoms with Crippen molar-refractivity contribution >= 4 is 35.4 Å². The third-order valence-corrected chi connectivity index (χ3v) is 6.31. The van der Waals surface area contributed by atoms with Crippen molar-refractivity contribution in [2.45, 2.75) is 38.8 Å². The van der Waals surface area contributed by atoms with Crippen LogP contribution in [-0.4, -0.2) is 70.0 Å². The number of ether oxygens (including phenoxy) is 2. The Morgan fingerprint density at radius 2 is 1.85 bits per heavy atom. The molecule has 1 saturated heterocycles. The topological polar surface area (TPSA) is 146 Å². The van der Waals surface area contributed by atoms with Gasteiger partial charge in [-0.15, -0.1) is 0 Å². The number of carbonyl (C=O) groups excluding carboxylic acids is 2. The lowest BCUT2D eigenvalue weighted by Gasteiger charge is -2.27. The summed E-state index contributed by atoms with van der Waals surface area (Å²) in [6, 6.07) is 13.1. The first kappa shape index (κ1) is 28.9. The van der Waals surface area contributed by atoms with Crippen molar-refractivity contribution in [2.24, 2.45) is 0 Å². The van der Waals surface area contributed by atoms with Crippen molar-refractivity contribution in [1.29, 1.82) is 0 Å². The third kappa shape index (κ3) is 7.73. The van der Waals surface area contributed by atoms with E-state index >= 15 is 0 Å². The van der Waals surface area contributed by atoms with Crippen LogP contribution in [0.2, 0.25) is 5.15 Å². The number of carbonyl (C=O) groups is 3. The molecule has 0 saturated carbocycles. The van der Waals surface area contributed by atoms with Crippen molar-refractivity contribution in [1.82, 2.24) is 20.2 Å². The Hall–Kier alpha value is -4.09. The van der Waals surface area contributed by atoms with Crippen LogP contribution in [0.25, 0.3) is 11.3 Å². The van der Waals surface area contributed by atoms with Gasteiger partial charge >= 0.3 is 12.2 Å². The zero-order valence-corrected chi connectivity index (χ0v) is 23.2. The fraction of sp³-hybridized carbons (Fsp3) is 0.357. The molecule has 212 valence electrons. The summed E-state index contributed by atoms with van der Waals surface area (Å²) in [6.07, 6.45) is -1.54. The number of halogens is 1. The van der Waals surface area contributed by atoms with Gasteiger partial charge in [0, 0.05) is 36.3 Å². The van der Waals surface area contributed by atoms with Gasteiger partial charge in [0.05, 0.1) is 19.3 Å². The van der Waals surface area contributed by atoms with Crippen molar-refractivity contribution < 1.29 is 29.0 Å². The van der Waals surface area contributed by atoms with E-state index in [0.29, 0.717) is 65.4 Å². The second-order valence-electron chi connectivity index (χ2n) is 10.3. The number of nitrogens with zero attached hydrogens (tertiary/aromatic N) is 2. The maximum Gasteiger partial charge on any atom is 0.409 e. The van der Waals surface area contributed by atoms with Crippen LogP contribution in [0.15, 0.2) is 48.5 Å². The van der Waals surface area contributed by atoms with Crippen LogP contribution in [0, 0.1) is 0 Å². The Kier molecular flexibility index (Phi) is 8.96. The summed E-state index contributed by atoms with van der Waals surface area (Å²) in [5.41, 5.74) is 2.07. The number of hydrogen-bond acceptors (Lipinski definition) is 6. The van der Waals surface area contributed by atoms with Gasteiger partial charge in [0.15, 0.2) is 0 Å². The molecule has 1 unspecified atom stereocenters. The number of H-pyrrole nitrogens is 1. The van der Waals surface area contributed by atoms with Crippen molar-refractivity contribution in [2.75, 3.05) is 31.6 Å². The summed E-state index contributed by atoms with van der Waals surface area (Å²) < 4.78 is 10.9.